The molecule has 8 heteroatoms. The average Bonchev–Trinajstić information content (AvgIpc) is 3.01. The van der Waals surface area contributed by atoms with Gasteiger partial charge in [-0.15, -0.1) is 0 Å². The highest BCUT2D eigenvalue weighted by Crippen LogP contribution is 2.33. The lowest BCUT2D eigenvalue weighted by Crippen LogP contribution is -2.49. The van der Waals surface area contributed by atoms with E-state index < -0.39 is 6.09 Å². The van der Waals surface area contributed by atoms with Gasteiger partial charge in [0.2, 0.25) is 5.91 Å². The number of nitrogens with zero attached hydrogens (tertiary/aromatic N) is 2. The molecule has 4 rings (SSSR count). The Bertz CT molecular complexity index is 1210. The van der Waals surface area contributed by atoms with Crippen LogP contribution in [0.3, 0.4) is 0 Å². The molecule has 0 atom stereocenters. The first-order chi connectivity index (χ1) is 20.1. The van der Waals surface area contributed by atoms with Crippen molar-refractivity contribution in [2.75, 3.05) is 37.8 Å². The van der Waals surface area contributed by atoms with Crippen LogP contribution in [0.2, 0.25) is 0 Å². The van der Waals surface area contributed by atoms with Crippen LogP contribution < -0.4 is 15.6 Å². The molecule has 3 aromatic carbocycles. The van der Waals surface area contributed by atoms with Gasteiger partial charge in [0.15, 0.2) is 0 Å². The van der Waals surface area contributed by atoms with E-state index in [0.717, 1.165) is 87.1 Å². The summed E-state index contributed by atoms with van der Waals surface area (Å²) in [5.74, 6) is 0.162. The number of unbranched alkanes of at least 4 members (excludes halogenated alkanes) is 2. The van der Waals surface area contributed by atoms with E-state index in [2.05, 4.69) is 15.6 Å². The monoisotopic (exact) mass is 558 g/mol. The van der Waals surface area contributed by atoms with E-state index >= 15 is 0 Å². The fourth-order valence-electron chi connectivity index (χ4n) is 4.97. The molecule has 41 heavy (non-hydrogen) atoms. The van der Waals surface area contributed by atoms with E-state index in [1.54, 1.807) is 17.1 Å². The molecule has 218 valence electrons. The van der Waals surface area contributed by atoms with Crippen molar-refractivity contribution in [3.63, 3.8) is 0 Å². The topological polar surface area (TPSA) is 94.1 Å². The van der Waals surface area contributed by atoms with E-state index in [9.17, 15) is 14.7 Å². The van der Waals surface area contributed by atoms with Crippen molar-refractivity contribution >= 4 is 17.7 Å². The number of piperidine rings is 1. The number of phenolic OH excluding ortho intramolecular Hbond substituents is 1. The zero-order chi connectivity index (χ0) is 28.7. The van der Waals surface area contributed by atoms with Crippen LogP contribution in [0.25, 0.3) is 11.1 Å². The number of anilines is 1. The second-order valence-corrected chi connectivity index (χ2v) is 10.3. The number of nitrogens with one attached hydrogen (secondary N) is 2. The lowest BCUT2D eigenvalue weighted by atomic mass is 10.0. The fourth-order valence-corrected chi connectivity index (χ4v) is 4.97. The molecule has 0 radical (unpaired) electrons. The van der Waals surface area contributed by atoms with Gasteiger partial charge in [0.25, 0.3) is 0 Å². The maximum absolute atomic E-state index is 13.4. The third kappa shape index (κ3) is 9.62. The number of rotatable bonds is 14. The van der Waals surface area contributed by atoms with Crippen LogP contribution in [-0.4, -0.2) is 54.9 Å². The fraction of sp³-hybridized carbons (Fsp3) is 0.394. The lowest BCUT2D eigenvalue weighted by Gasteiger charge is -2.37. The minimum atomic E-state index is -0.456. The van der Waals surface area contributed by atoms with Crippen LogP contribution in [-0.2, 0) is 16.1 Å². The highest BCUT2D eigenvalue weighted by atomic mass is 16.6. The van der Waals surface area contributed by atoms with Gasteiger partial charge in [-0.05, 0) is 61.6 Å². The molecule has 1 saturated heterocycles. The van der Waals surface area contributed by atoms with Crippen LogP contribution in [0.4, 0.5) is 10.5 Å². The molecular weight excluding hydrogens is 516 g/mol. The molecular formula is C33H42N4O4. The number of aromatic hydroxyl groups is 1. The molecule has 0 aliphatic carbocycles. The summed E-state index contributed by atoms with van der Waals surface area (Å²) in [6, 6.07) is 25.1. The van der Waals surface area contributed by atoms with E-state index in [-0.39, 0.29) is 24.7 Å². The second-order valence-electron chi connectivity index (χ2n) is 10.3. The van der Waals surface area contributed by atoms with Gasteiger partial charge < -0.3 is 20.5 Å². The molecule has 0 bridgehead atoms. The van der Waals surface area contributed by atoms with E-state index in [0.29, 0.717) is 6.54 Å². The van der Waals surface area contributed by atoms with Gasteiger partial charge in [-0.3, -0.25) is 4.79 Å². The van der Waals surface area contributed by atoms with Gasteiger partial charge >= 0.3 is 6.09 Å². The Hall–Kier alpha value is -3.88. The Morgan fingerprint density at radius 2 is 1.54 bits per heavy atom. The zero-order valence-electron chi connectivity index (χ0n) is 23.8. The normalized spacial score (nSPS) is 13.5. The third-order valence-electron chi connectivity index (χ3n) is 7.18. The van der Waals surface area contributed by atoms with Gasteiger partial charge in [0.05, 0.1) is 12.1 Å². The SMILES string of the molecule is O=C(CCOC(=O)N(c1ccccc1-c1ccccc1)N1CCCCC1)NCCCCCNCc1ccc(O)cc1. The molecule has 0 saturated carbocycles. The molecule has 0 aromatic heterocycles. The summed E-state index contributed by atoms with van der Waals surface area (Å²) >= 11 is 0. The van der Waals surface area contributed by atoms with Gasteiger partial charge in [-0.25, -0.2) is 14.8 Å². The van der Waals surface area contributed by atoms with Crippen LogP contribution >= 0.6 is 0 Å². The van der Waals surface area contributed by atoms with Crippen molar-refractivity contribution in [3.8, 4) is 16.9 Å². The number of phenols is 1. The van der Waals surface area contributed by atoms with Crippen molar-refractivity contribution < 1.29 is 19.4 Å². The molecule has 1 aliphatic heterocycles. The number of benzene rings is 3. The second kappa shape index (κ2) is 16.4. The quantitative estimate of drug-likeness (QED) is 0.214. The number of carbonyl (C=O) groups excluding carboxylic acids is 2. The van der Waals surface area contributed by atoms with E-state index in [1.165, 1.54) is 0 Å². The predicted molar refractivity (Wildman–Crippen MR) is 162 cm³/mol. The van der Waals surface area contributed by atoms with Gasteiger partial charge in [0, 0.05) is 31.7 Å². The molecule has 1 fully saturated rings. The van der Waals surface area contributed by atoms with E-state index in [1.807, 2.05) is 66.7 Å². The number of para-hydroxylation sites is 1. The maximum Gasteiger partial charge on any atom is 0.429 e. The van der Waals surface area contributed by atoms with Crippen LogP contribution in [0, 0.1) is 0 Å². The molecule has 0 spiro atoms. The summed E-state index contributed by atoms with van der Waals surface area (Å²) in [7, 11) is 0. The largest absolute Gasteiger partial charge is 0.508 e. The summed E-state index contributed by atoms with van der Waals surface area (Å²) < 4.78 is 5.65. The predicted octanol–water partition coefficient (Wildman–Crippen LogP) is 5.87. The minimum Gasteiger partial charge on any atom is -0.508 e. The number of hydrogen-bond donors (Lipinski definition) is 3. The van der Waals surface area contributed by atoms with Crippen molar-refractivity contribution in [3.05, 3.63) is 84.4 Å². The summed E-state index contributed by atoms with van der Waals surface area (Å²) in [5.41, 5.74) is 3.91. The smallest absolute Gasteiger partial charge is 0.429 e. The lowest BCUT2D eigenvalue weighted by molar-refractivity contribution is -0.121. The number of hydrazine groups is 1. The molecule has 1 heterocycles. The third-order valence-corrected chi connectivity index (χ3v) is 7.18. The minimum absolute atomic E-state index is 0.0314. The number of amides is 2. The Labute approximate surface area is 243 Å². The summed E-state index contributed by atoms with van der Waals surface area (Å²) in [6.07, 6.45) is 5.78. The first-order valence-corrected chi connectivity index (χ1v) is 14.7. The van der Waals surface area contributed by atoms with Gasteiger partial charge in [-0.1, -0.05) is 73.5 Å². The summed E-state index contributed by atoms with van der Waals surface area (Å²) in [5, 5.41) is 19.4. The highest BCUT2D eigenvalue weighted by Gasteiger charge is 2.28. The molecule has 0 unspecified atom stereocenters. The van der Waals surface area contributed by atoms with Gasteiger partial charge in [0.1, 0.15) is 12.4 Å². The molecule has 3 N–H and O–H groups in total. The maximum atomic E-state index is 13.4. The van der Waals surface area contributed by atoms with Crippen molar-refractivity contribution in [2.24, 2.45) is 0 Å². The summed E-state index contributed by atoms with van der Waals surface area (Å²) in [6.45, 7) is 3.86. The van der Waals surface area contributed by atoms with E-state index in [4.69, 9.17) is 4.74 Å². The first kappa shape index (κ1) is 30.1. The highest BCUT2D eigenvalue weighted by molar-refractivity contribution is 5.93. The molecule has 8 nitrogen and oxygen atoms in total. The molecule has 1 aliphatic rings. The van der Waals surface area contributed by atoms with Crippen molar-refractivity contribution in [1.82, 2.24) is 15.6 Å². The summed E-state index contributed by atoms with van der Waals surface area (Å²) in [4.78, 5) is 25.8. The van der Waals surface area contributed by atoms with Crippen LogP contribution in [0.1, 0.15) is 50.5 Å². The number of ether oxygens (including phenoxy) is 1. The van der Waals surface area contributed by atoms with Crippen LogP contribution in [0.5, 0.6) is 5.75 Å². The number of carbonyl (C=O) groups is 2. The van der Waals surface area contributed by atoms with Gasteiger partial charge in [-0.2, -0.15) is 0 Å². The standard InChI is InChI=1S/C33H42N4O4/c38-29-18-16-27(17-19-29)26-34-21-8-2-9-22-35-32(39)20-25-41-33(40)37(36-23-10-3-11-24-36)31-15-7-6-14-30(31)28-12-4-1-5-13-28/h1,4-7,12-19,34,38H,2-3,8-11,20-26H2,(H,35,39). The zero-order valence-corrected chi connectivity index (χ0v) is 23.8. The average molecular weight is 559 g/mol. The Morgan fingerprint density at radius 3 is 2.32 bits per heavy atom. The molecule has 2 amide bonds. The van der Waals surface area contributed by atoms with Crippen LogP contribution in [0.15, 0.2) is 78.9 Å². The number of hydrogen-bond acceptors (Lipinski definition) is 6. The Morgan fingerprint density at radius 1 is 0.829 bits per heavy atom. The Kier molecular flexibility index (Phi) is 12.0. The first-order valence-electron chi connectivity index (χ1n) is 14.7. The van der Waals surface area contributed by atoms with Crippen molar-refractivity contribution in [2.45, 2.75) is 51.5 Å². The molecule has 3 aromatic rings. The Balaban J connectivity index is 1.19. The van der Waals surface area contributed by atoms with Crippen molar-refractivity contribution in [1.29, 1.82) is 0 Å².